The number of hydrogen-bond donors (Lipinski definition) is 4. The van der Waals surface area contributed by atoms with Gasteiger partial charge in [0.15, 0.2) is 5.13 Å². The highest BCUT2D eigenvalue weighted by Gasteiger charge is 2.29. The van der Waals surface area contributed by atoms with E-state index in [1.807, 2.05) is 6.92 Å². The largest absolute Gasteiger partial charge is 0.382 e. The highest BCUT2D eigenvalue weighted by Crippen LogP contribution is 2.25. The molecule has 1 rings (SSSR count). The molecule has 2 amide bonds. The van der Waals surface area contributed by atoms with E-state index in [9.17, 15) is 9.59 Å². The average molecular weight is 285 g/mol. The van der Waals surface area contributed by atoms with Gasteiger partial charge in [-0.25, -0.2) is 4.98 Å². The van der Waals surface area contributed by atoms with Gasteiger partial charge >= 0.3 is 0 Å². The molecule has 0 fully saturated rings. The fraction of sp³-hybridized carbons (Fsp3) is 0.545. The number of nitrogens with zero attached hydrogens (tertiary/aromatic N) is 1. The van der Waals surface area contributed by atoms with Crippen molar-refractivity contribution in [3.05, 3.63) is 4.88 Å². The van der Waals surface area contributed by atoms with E-state index in [1.54, 1.807) is 0 Å². The third-order valence-electron chi connectivity index (χ3n) is 2.43. The number of nitrogens with two attached hydrogens (primary N) is 2. The lowest BCUT2D eigenvalue weighted by atomic mass is 10.1. The van der Waals surface area contributed by atoms with E-state index in [0.717, 1.165) is 24.3 Å². The molecule has 1 aromatic heterocycles. The number of aromatic nitrogens is 1. The molecule has 106 valence electrons. The molecule has 0 radical (unpaired) electrons. The minimum absolute atomic E-state index is 0.140. The Hall–Kier alpha value is -1.83. The van der Waals surface area contributed by atoms with Crippen LogP contribution in [0.4, 0.5) is 10.9 Å². The van der Waals surface area contributed by atoms with E-state index in [2.05, 4.69) is 15.6 Å². The molecule has 1 heterocycles. The molecule has 0 saturated heterocycles. The summed E-state index contributed by atoms with van der Waals surface area (Å²) >= 11 is 1.15. The number of carbonyl (C=O) groups is 2. The van der Waals surface area contributed by atoms with Crippen molar-refractivity contribution in [2.24, 2.45) is 5.73 Å². The predicted molar refractivity (Wildman–Crippen MR) is 76.0 cm³/mol. The van der Waals surface area contributed by atoms with Gasteiger partial charge in [0.25, 0.3) is 5.91 Å². The second-order valence-corrected chi connectivity index (χ2v) is 5.60. The van der Waals surface area contributed by atoms with Gasteiger partial charge in [0.1, 0.15) is 16.2 Å². The molecule has 0 bridgehead atoms. The summed E-state index contributed by atoms with van der Waals surface area (Å²) in [6.45, 7) is 5.83. The number of carbonyl (C=O) groups excluding carboxylic acids is 2. The first-order valence-electron chi connectivity index (χ1n) is 5.90. The lowest BCUT2D eigenvalue weighted by molar-refractivity contribution is -0.122. The molecule has 6 N–H and O–H groups in total. The minimum Gasteiger partial charge on any atom is -0.382 e. The van der Waals surface area contributed by atoms with Crippen LogP contribution in [0, 0.1) is 0 Å². The number of thiazole rings is 1. The lowest BCUT2D eigenvalue weighted by Gasteiger charge is -2.21. The van der Waals surface area contributed by atoms with Gasteiger partial charge in [-0.3, -0.25) is 9.59 Å². The molecule has 1 aromatic rings. The highest BCUT2D eigenvalue weighted by molar-refractivity contribution is 7.18. The average Bonchev–Trinajstić information content (AvgIpc) is 2.67. The van der Waals surface area contributed by atoms with Crippen molar-refractivity contribution in [1.82, 2.24) is 10.3 Å². The summed E-state index contributed by atoms with van der Waals surface area (Å²) in [5, 5.41) is 6.17. The Kier molecular flexibility index (Phi) is 4.71. The van der Waals surface area contributed by atoms with Crippen LogP contribution in [-0.4, -0.2) is 28.9 Å². The molecule has 0 saturated carbocycles. The molecule has 8 heteroatoms. The summed E-state index contributed by atoms with van der Waals surface area (Å²) < 4.78 is 0. The number of rotatable bonds is 6. The van der Waals surface area contributed by atoms with Crippen LogP contribution in [0.5, 0.6) is 0 Å². The Labute approximate surface area is 115 Å². The van der Waals surface area contributed by atoms with Gasteiger partial charge in [0.2, 0.25) is 5.91 Å². The van der Waals surface area contributed by atoms with Gasteiger partial charge in [-0.2, -0.15) is 0 Å². The summed E-state index contributed by atoms with van der Waals surface area (Å²) in [6, 6.07) is 0. The molecule has 0 atom stereocenters. The Morgan fingerprint density at radius 2 is 2.05 bits per heavy atom. The normalized spacial score (nSPS) is 11.1. The van der Waals surface area contributed by atoms with Crippen LogP contribution in [0.1, 0.15) is 36.9 Å². The lowest BCUT2D eigenvalue weighted by Crippen LogP contribution is -2.52. The molecule has 0 aliphatic rings. The summed E-state index contributed by atoms with van der Waals surface area (Å²) in [5.74, 6) is -0.932. The zero-order valence-electron chi connectivity index (χ0n) is 11.2. The number of amides is 2. The Morgan fingerprint density at radius 1 is 1.42 bits per heavy atom. The highest BCUT2D eigenvalue weighted by atomic mass is 32.1. The SMILES string of the molecule is CCCNc1nc(N)c(C(=O)NC(C)(C)C(N)=O)s1. The van der Waals surface area contributed by atoms with E-state index in [4.69, 9.17) is 11.5 Å². The first-order chi connectivity index (χ1) is 8.77. The summed E-state index contributed by atoms with van der Waals surface area (Å²) in [4.78, 5) is 27.5. The monoisotopic (exact) mass is 285 g/mol. The van der Waals surface area contributed by atoms with Crippen molar-refractivity contribution in [2.45, 2.75) is 32.7 Å². The van der Waals surface area contributed by atoms with E-state index in [0.29, 0.717) is 5.13 Å². The van der Waals surface area contributed by atoms with E-state index in [-0.39, 0.29) is 10.7 Å². The minimum atomic E-state index is -1.13. The molecule has 0 unspecified atom stereocenters. The maximum Gasteiger partial charge on any atom is 0.266 e. The molecule has 0 aromatic carbocycles. The number of nitrogen functional groups attached to an aromatic ring is 1. The van der Waals surface area contributed by atoms with Gasteiger partial charge in [-0.15, -0.1) is 0 Å². The molecular formula is C11H19N5O2S. The van der Waals surface area contributed by atoms with Crippen LogP contribution in [0.3, 0.4) is 0 Å². The van der Waals surface area contributed by atoms with Gasteiger partial charge in [0, 0.05) is 6.54 Å². The Morgan fingerprint density at radius 3 is 2.58 bits per heavy atom. The molecule has 0 aliphatic heterocycles. The molecule has 19 heavy (non-hydrogen) atoms. The topological polar surface area (TPSA) is 123 Å². The summed E-state index contributed by atoms with van der Waals surface area (Å²) in [5.41, 5.74) is 9.75. The van der Waals surface area contributed by atoms with Crippen molar-refractivity contribution in [3.63, 3.8) is 0 Å². The zero-order chi connectivity index (χ0) is 14.6. The first kappa shape index (κ1) is 15.2. The van der Waals surface area contributed by atoms with E-state index in [1.165, 1.54) is 13.8 Å². The first-order valence-corrected chi connectivity index (χ1v) is 6.72. The van der Waals surface area contributed by atoms with Crippen LogP contribution in [0.25, 0.3) is 0 Å². The Bertz CT molecular complexity index is 483. The quantitative estimate of drug-likeness (QED) is 0.607. The molecule has 0 aliphatic carbocycles. The van der Waals surface area contributed by atoms with Gasteiger partial charge in [-0.05, 0) is 20.3 Å². The van der Waals surface area contributed by atoms with Crippen molar-refractivity contribution < 1.29 is 9.59 Å². The standard InChI is InChI=1S/C11H19N5O2S/c1-4-5-14-10-15-7(12)6(19-10)8(17)16-11(2,3)9(13)18/h4-5,12H2,1-3H3,(H2,13,18)(H,14,15)(H,16,17). The fourth-order valence-corrected chi connectivity index (χ4v) is 2.01. The number of hydrogen-bond acceptors (Lipinski definition) is 6. The van der Waals surface area contributed by atoms with Crippen molar-refractivity contribution in [2.75, 3.05) is 17.6 Å². The number of anilines is 2. The second-order valence-electron chi connectivity index (χ2n) is 4.60. The predicted octanol–water partition coefficient (Wildman–Crippen LogP) is 0.541. The zero-order valence-corrected chi connectivity index (χ0v) is 12.1. The Balaban J connectivity index is 2.83. The van der Waals surface area contributed by atoms with Gasteiger partial charge < -0.3 is 22.1 Å². The maximum absolute atomic E-state index is 12.0. The smallest absolute Gasteiger partial charge is 0.266 e. The van der Waals surface area contributed by atoms with E-state index < -0.39 is 17.4 Å². The number of nitrogens with one attached hydrogen (secondary N) is 2. The second kappa shape index (κ2) is 5.87. The van der Waals surface area contributed by atoms with Gasteiger partial charge in [0.05, 0.1) is 0 Å². The third kappa shape index (κ3) is 3.82. The molecular weight excluding hydrogens is 266 g/mol. The van der Waals surface area contributed by atoms with Gasteiger partial charge in [-0.1, -0.05) is 18.3 Å². The van der Waals surface area contributed by atoms with Crippen molar-refractivity contribution in [3.8, 4) is 0 Å². The van der Waals surface area contributed by atoms with Crippen LogP contribution in [0.15, 0.2) is 0 Å². The van der Waals surface area contributed by atoms with Crippen molar-refractivity contribution in [1.29, 1.82) is 0 Å². The molecule has 7 nitrogen and oxygen atoms in total. The van der Waals surface area contributed by atoms with Crippen molar-refractivity contribution >= 4 is 34.1 Å². The fourth-order valence-electron chi connectivity index (χ4n) is 1.20. The third-order valence-corrected chi connectivity index (χ3v) is 3.46. The molecule has 0 spiro atoms. The van der Waals surface area contributed by atoms with Crippen LogP contribution < -0.4 is 22.1 Å². The number of primary amides is 1. The summed E-state index contributed by atoms with van der Waals surface area (Å²) in [7, 11) is 0. The summed E-state index contributed by atoms with van der Waals surface area (Å²) in [6.07, 6.45) is 0.940. The van der Waals surface area contributed by atoms with Crippen LogP contribution in [0.2, 0.25) is 0 Å². The van der Waals surface area contributed by atoms with Crippen LogP contribution in [-0.2, 0) is 4.79 Å². The van der Waals surface area contributed by atoms with E-state index >= 15 is 0 Å². The van der Waals surface area contributed by atoms with Crippen LogP contribution >= 0.6 is 11.3 Å². The maximum atomic E-state index is 12.0.